The maximum Gasteiger partial charge on any atom is 0.253 e. The number of rotatable bonds is 7. The highest BCUT2D eigenvalue weighted by Crippen LogP contribution is 2.23. The van der Waals surface area contributed by atoms with Gasteiger partial charge in [-0.2, -0.15) is 0 Å². The summed E-state index contributed by atoms with van der Waals surface area (Å²) in [7, 11) is 0. The first kappa shape index (κ1) is 17.8. The van der Waals surface area contributed by atoms with Crippen molar-refractivity contribution >= 4 is 5.91 Å². The first-order valence-corrected chi connectivity index (χ1v) is 9.12. The summed E-state index contributed by atoms with van der Waals surface area (Å²) < 4.78 is 5.74. The minimum Gasteiger partial charge on any atom is -0.494 e. The molecule has 1 aromatic rings. The molecule has 23 heavy (non-hydrogen) atoms. The molecule has 0 unspecified atom stereocenters. The van der Waals surface area contributed by atoms with Gasteiger partial charge in [-0.05, 0) is 48.9 Å². The number of piperidine rings is 1. The standard InChI is InChI=1S/C20H31NO2/c1-4-5-6-7-12-23-19-10-8-18(9-11-19)20(22)21-14-16(2)13-17(3)15-21/h8-11,16-17H,4-7,12-15H2,1-3H3/t16-,17-/m1/s1. The average molecular weight is 317 g/mol. The molecule has 0 saturated carbocycles. The molecule has 3 heteroatoms. The van der Waals surface area contributed by atoms with E-state index in [-0.39, 0.29) is 5.91 Å². The Morgan fingerprint density at radius 3 is 2.35 bits per heavy atom. The van der Waals surface area contributed by atoms with Gasteiger partial charge in [0.25, 0.3) is 5.91 Å². The predicted molar refractivity (Wildman–Crippen MR) is 94.9 cm³/mol. The van der Waals surface area contributed by atoms with Crippen LogP contribution >= 0.6 is 0 Å². The first-order valence-electron chi connectivity index (χ1n) is 9.12. The summed E-state index contributed by atoms with van der Waals surface area (Å²) in [4.78, 5) is 14.6. The molecule has 1 saturated heterocycles. The lowest BCUT2D eigenvalue weighted by Crippen LogP contribution is -2.42. The Balaban J connectivity index is 1.85. The van der Waals surface area contributed by atoms with Crippen molar-refractivity contribution in [3.8, 4) is 5.75 Å². The second kappa shape index (κ2) is 8.95. The Labute approximate surface area is 141 Å². The van der Waals surface area contributed by atoms with Gasteiger partial charge >= 0.3 is 0 Å². The van der Waals surface area contributed by atoms with Crippen LogP contribution in [0.5, 0.6) is 5.75 Å². The number of hydrogen-bond acceptors (Lipinski definition) is 2. The number of benzene rings is 1. The third-order valence-corrected chi connectivity index (χ3v) is 4.52. The lowest BCUT2D eigenvalue weighted by molar-refractivity contribution is 0.0623. The van der Waals surface area contributed by atoms with E-state index in [0.717, 1.165) is 37.4 Å². The first-order chi connectivity index (χ1) is 11.1. The van der Waals surface area contributed by atoms with Crippen molar-refractivity contribution in [2.45, 2.75) is 52.9 Å². The van der Waals surface area contributed by atoms with Gasteiger partial charge in [0, 0.05) is 18.7 Å². The van der Waals surface area contributed by atoms with Gasteiger partial charge in [-0.1, -0.05) is 40.0 Å². The molecule has 1 fully saturated rings. The summed E-state index contributed by atoms with van der Waals surface area (Å²) >= 11 is 0. The van der Waals surface area contributed by atoms with Crippen molar-refractivity contribution in [2.75, 3.05) is 19.7 Å². The number of hydrogen-bond donors (Lipinski definition) is 0. The number of likely N-dealkylation sites (tertiary alicyclic amines) is 1. The molecule has 0 aromatic heterocycles. The molecule has 0 bridgehead atoms. The Morgan fingerprint density at radius 2 is 1.74 bits per heavy atom. The molecule has 1 aliphatic rings. The fraction of sp³-hybridized carbons (Fsp3) is 0.650. The van der Waals surface area contributed by atoms with E-state index in [1.165, 1.54) is 25.7 Å². The zero-order valence-electron chi connectivity index (χ0n) is 14.9. The number of unbranched alkanes of at least 4 members (excludes halogenated alkanes) is 3. The molecule has 2 rings (SSSR count). The molecular formula is C20H31NO2. The third kappa shape index (κ3) is 5.56. The van der Waals surface area contributed by atoms with Crippen molar-refractivity contribution in [1.82, 2.24) is 4.90 Å². The van der Waals surface area contributed by atoms with Crippen molar-refractivity contribution in [3.63, 3.8) is 0 Å². The van der Waals surface area contributed by atoms with Gasteiger partial charge < -0.3 is 9.64 Å². The summed E-state index contributed by atoms with van der Waals surface area (Å²) in [6.45, 7) is 9.17. The number of ether oxygens (including phenoxy) is 1. The molecule has 3 nitrogen and oxygen atoms in total. The van der Waals surface area contributed by atoms with E-state index < -0.39 is 0 Å². The van der Waals surface area contributed by atoms with E-state index in [1.54, 1.807) is 0 Å². The molecule has 0 N–H and O–H groups in total. The van der Waals surface area contributed by atoms with Crippen LogP contribution in [0, 0.1) is 11.8 Å². The van der Waals surface area contributed by atoms with Crippen LogP contribution in [0.25, 0.3) is 0 Å². The summed E-state index contributed by atoms with van der Waals surface area (Å²) in [6, 6.07) is 7.63. The van der Waals surface area contributed by atoms with Crippen molar-refractivity contribution in [1.29, 1.82) is 0 Å². The lowest BCUT2D eigenvalue weighted by atomic mass is 9.91. The zero-order chi connectivity index (χ0) is 16.7. The Kier molecular flexibility index (Phi) is 6.94. The van der Waals surface area contributed by atoms with E-state index in [4.69, 9.17) is 4.74 Å². The highest BCUT2D eigenvalue weighted by Gasteiger charge is 2.25. The second-order valence-electron chi connectivity index (χ2n) is 7.09. The average Bonchev–Trinajstić information content (AvgIpc) is 2.54. The maximum atomic E-state index is 12.6. The van der Waals surface area contributed by atoms with Crippen LogP contribution in [-0.4, -0.2) is 30.5 Å². The van der Waals surface area contributed by atoms with E-state index >= 15 is 0 Å². The highest BCUT2D eigenvalue weighted by molar-refractivity contribution is 5.94. The van der Waals surface area contributed by atoms with E-state index in [2.05, 4.69) is 20.8 Å². The number of amides is 1. The van der Waals surface area contributed by atoms with Gasteiger partial charge in [-0.3, -0.25) is 4.79 Å². The van der Waals surface area contributed by atoms with Crippen LogP contribution in [0.1, 0.15) is 63.2 Å². The minimum absolute atomic E-state index is 0.151. The van der Waals surface area contributed by atoms with E-state index in [9.17, 15) is 4.79 Å². The van der Waals surface area contributed by atoms with Crippen molar-refractivity contribution < 1.29 is 9.53 Å². The highest BCUT2D eigenvalue weighted by atomic mass is 16.5. The summed E-state index contributed by atoms with van der Waals surface area (Å²) in [5, 5.41) is 0. The zero-order valence-corrected chi connectivity index (χ0v) is 14.9. The normalized spacial score (nSPS) is 21.3. The van der Waals surface area contributed by atoms with Crippen LogP contribution < -0.4 is 4.74 Å². The number of carbonyl (C=O) groups excluding carboxylic acids is 1. The Morgan fingerprint density at radius 1 is 1.09 bits per heavy atom. The molecule has 1 aliphatic heterocycles. The van der Waals surface area contributed by atoms with Crippen LogP contribution in [-0.2, 0) is 0 Å². The van der Waals surface area contributed by atoms with Crippen molar-refractivity contribution in [3.05, 3.63) is 29.8 Å². The third-order valence-electron chi connectivity index (χ3n) is 4.52. The molecular weight excluding hydrogens is 286 g/mol. The van der Waals surface area contributed by atoms with Gasteiger partial charge in [0.2, 0.25) is 0 Å². The molecule has 1 heterocycles. The molecule has 1 amide bonds. The van der Waals surface area contributed by atoms with Gasteiger partial charge in [-0.25, -0.2) is 0 Å². The van der Waals surface area contributed by atoms with Crippen molar-refractivity contribution in [2.24, 2.45) is 11.8 Å². The second-order valence-corrected chi connectivity index (χ2v) is 7.09. The lowest BCUT2D eigenvalue weighted by Gasteiger charge is -2.35. The molecule has 0 spiro atoms. The quantitative estimate of drug-likeness (QED) is 0.678. The summed E-state index contributed by atoms with van der Waals surface area (Å²) in [6.07, 6.45) is 6.04. The van der Waals surface area contributed by atoms with Gasteiger partial charge in [0.1, 0.15) is 5.75 Å². The van der Waals surface area contributed by atoms with Crippen LogP contribution in [0.15, 0.2) is 24.3 Å². The molecule has 0 aliphatic carbocycles. The van der Waals surface area contributed by atoms with Crippen LogP contribution in [0.4, 0.5) is 0 Å². The number of carbonyl (C=O) groups is 1. The monoisotopic (exact) mass is 317 g/mol. The van der Waals surface area contributed by atoms with Crippen LogP contribution in [0.2, 0.25) is 0 Å². The maximum absolute atomic E-state index is 12.6. The molecule has 2 atom stereocenters. The number of nitrogens with zero attached hydrogens (tertiary/aromatic N) is 1. The van der Waals surface area contributed by atoms with Gasteiger partial charge in [-0.15, -0.1) is 0 Å². The largest absolute Gasteiger partial charge is 0.494 e. The fourth-order valence-electron chi connectivity index (χ4n) is 3.42. The fourth-order valence-corrected chi connectivity index (χ4v) is 3.42. The van der Waals surface area contributed by atoms with E-state index in [0.29, 0.717) is 11.8 Å². The molecule has 1 aromatic carbocycles. The molecule has 0 radical (unpaired) electrons. The summed E-state index contributed by atoms with van der Waals surface area (Å²) in [5.74, 6) is 2.19. The van der Waals surface area contributed by atoms with Crippen LogP contribution in [0.3, 0.4) is 0 Å². The summed E-state index contributed by atoms with van der Waals surface area (Å²) in [5.41, 5.74) is 0.768. The Hall–Kier alpha value is -1.51. The topological polar surface area (TPSA) is 29.5 Å². The molecule has 128 valence electrons. The smallest absolute Gasteiger partial charge is 0.253 e. The van der Waals surface area contributed by atoms with Gasteiger partial charge in [0.05, 0.1) is 6.61 Å². The van der Waals surface area contributed by atoms with Gasteiger partial charge in [0.15, 0.2) is 0 Å². The SMILES string of the molecule is CCCCCCOc1ccc(C(=O)N2C[C@H](C)C[C@@H](C)C2)cc1. The van der Waals surface area contributed by atoms with E-state index in [1.807, 2.05) is 29.2 Å². The Bertz CT molecular complexity index is 473. The predicted octanol–water partition coefficient (Wildman–Crippen LogP) is 4.76. The minimum atomic E-state index is 0.151.